The summed E-state index contributed by atoms with van der Waals surface area (Å²) in [5.74, 6) is -0.426. The van der Waals surface area contributed by atoms with Crippen LogP contribution in [0.2, 0.25) is 0 Å². The van der Waals surface area contributed by atoms with Crippen molar-refractivity contribution in [2.75, 3.05) is 20.2 Å². The first-order valence-corrected chi connectivity index (χ1v) is 6.30. The van der Waals surface area contributed by atoms with Crippen molar-refractivity contribution >= 4 is 5.97 Å². The number of esters is 1. The molecule has 0 unspecified atom stereocenters. The van der Waals surface area contributed by atoms with Crippen LogP contribution in [0.15, 0.2) is 36.9 Å². The summed E-state index contributed by atoms with van der Waals surface area (Å²) in [6, 6.07) is 6.45. The van der Waals surface area contributed by atoms with E-state index >= 15 is 0 Å². The Morgan fingerprint density at radius 3 is 2.68 bits per heavy atom. The van der Waals surface area contributed by atoms with Crippen LogP contribution in [0.1, 0.15) is 18.4 Å². The maximum absolute atomic E-state index is 12.8. The minimum Gasteiger partial charge on any atom is -0.469 e. The standard InChI is InChI=1S/C15H20FNO2/c1-3-10-17(11-4-5-15(18)19-2)12-13-6-8-14(16)9-7-13/h3,6-9H,1,4-5,10-12H2,2H3. The highest BCUT2D eigenvalue weighted by atomic mass is 19.1. The SMILES string of the molecule is C=CCN(CCCC(=O)OC)Cc1ccc(F)cc1. The Bertz CT molecular complexity index is 403. The lowest BCUT2D eigenvalue weighted by molar-refractivity contribution is -0.140. The van der Waals surface area contributed by atoms with Gasteiger partial charge in [0, 0.05) is 19.5 Å². The van der Waals surface area contributed by atoms with Crippen molar-refractivity contribution in [2.24, 2.45) is 0 Å². The Labute approximate surface area is 113 Å². The fourth-order valence-corrected chi connectivity index (χ4v) is 1.81. The lowest BCUT2D eigenvalue weighted by Crippen LogP contribution is -2.25. The number of hydrogen-bond acceptors (Lipinski definition) is 3. The summed E-state index contributed by atoms with van der Waals surface area (Å²) in [6.07, 6.45) is 2.97. The van der Waals surface area contributed by atoms with E-state index in [2.05, 4.69) is 16.2 Å². The van der Waals surface area contributed by atoms with Crippen molar-refractivity contribution in [3.63, 3.8) is 0 Å². The molecule has 0 aliphatic heterocycles. The molecule has 0 spiro atoms. The molecule has 0 radical (unpaired) electrons. The first-order valence-electron chi connectivity index (χ1n) is 6.30. The summed E-state index contributed by atoms with van der Waals surface area (Å²) < 4.78 is 17.4. The number of nitrogens with zero attached hydrogens (tertiary/aromatic N) is 1. The van der Waals surface area contributed by atoms with E-state index in [1.165, 1.54) is 19.2 Å². The fourth-order valence-electron chi connectivity index (χ4n) is 1.81. The maximum Gasteiger partial charge on any atom is 0.305 e. The van der Waals surface area contributed by atoms with Crippen LogP contribution in [0.3, 0.4) is 0 Å². The van der Waals surface area contributed by atoms with Crippen molar-refractivity contribution in [1.82, 2.24) is 4.90 Å². The highest BCUT2D eigenvalue weighted by Crippen LogP contribution is 2.08. The van der Waals surface area contributed by atoms with Crippen LogP contribution in [-0.4, -0.2) is 31.1 Å². The van der Waals surface area contributed by atoms with E-state index in [0.29, 0.717) is 13.0 Å². The van der Waals surface area contributed by atoms with E-state index in [9.17, 15) is 9.18 Å². The summed E-state index contributed by atoms with van der Waals surface area (Å²) in [4.78, 5) is 13.2. The number of benzene rings is 1. The zero-order chi connectivity index (χ0) is 14.1. The summed E-state index contributed by atoms with van der Waals surface area (Å²) in [7, 11) is 1.39. The molecule has 19 heavy (non-hydrogen) atoms. The number of carbonyl (C=O) groups is 1. The predicted molar refractivity (Wildman–Crippen MR) is 73.1 cm³/mol. The van der Waals surface area contributed by atoms with Gasteiger partial charge < -0.3 is 4.74 Å². The second-order valence-electron chi connectivity index (χ2n) is 4.33. The zero-order valence-corrected chi connectivity index (χ0v) is 11.3. The molecule has 0 heterocycles. The summed E-state index contributed by atoms with van der Waals surface area (Å²) >= 11 is 0. The van der Waals surface area contributed by atoms with Gasteiger partial charge in [0.2, 0.25) is 0 Å². The van der Waals surface area contributed by atoms with Crippen molar-refractivity contribution in [3.8, 4) is 0 Å². The van der Waals surface area contributed by atoms with E-state index in [-0.39, 0.29) is 11.8 Å². The molecule has 104 valence electrons. The van der Waals surface area contributed by atoms with Crippen molar-refractivity contribution in [1.29, 1.82) is 0 Å². The molecule has 0 bridgehead atoms. The van der Waals surface area contributed by atoms with E-state index in [0.717, 1.165) is 25.1 Å². The van der Waals surface area contributed by atoms with Crippen LogP contribution in [0, 0.1) is 5.82 Å². The van der Waals surface area contributed by atoms with Crippen molar-refractivity contribution in [2.45, 2.75) is 19.4 Å². The minimum atomic E-state index is -0.232. The Hall–Kier alpha value is -1.68. The predicted octanol–water partition coefficient (Wildman–Crippen LogP) is 2.77. The number of halogens is 1. The van der Waals surface area contributed by atoms with E-state index < -0.39 is 0 Å². The van der Waals surface area contributed by atoms with Crippen LogP contribution >= 0.6 is 0 Å². The van der Waals surface area contributed by atoms with Crippen LogP contribution in [0.25, 0.3) is 0 Å². The minimum absolute atomic E-state index is 0.194. The Morgan fingerprint density at radius 1 is 1.42 bits per heavy atom. The molecule has 0 amide bonds. The molecule has 1 aromatic carbocycles. The number of hydrogen-bond donors (Lipinski definition) is 0. The summed E-state index contributed by atoms with van der Waals surface area (Å²) in [5.41, 5.74) is 1.04. The highest BCUT2D eigenvalue weighted by molar-refractivity contribution is 5.69. The van der Waals surface area contributed by atoms with Gasteiger partial charge in [0.1, 0.15) is 5.82 Å². The normalized spacial score (nSPS) is 10.5. The molecule has 0 aromatic heterocycles. The van der Waals surface area contributed by atoms with E-state index in [1.807, 2.05) is 6.08 Å². The number of methoxy groups -OCH3 is 1. The number of ether oxygens (including phenoxy) is 1. The molecular weight excluding hydrogens is 245 g/mol. The average molecular weight is 265 g/mol. The second kappa shape index (κ2) is 8.43. The Balaban J connectivity index is 2.45. The molecule has 0 N–H and O–H groups in total. The van der Waals surface area contributed by atoms with Crippen LogP contribution < -0.4 is 0 Å². The largest absolute Gasteiger partial charge is 0.469 e. The van der Waals surface area contributed by atoms with Gasteiger partial charge in [-0.15, -0.1) is 6.58 Å². The molecule has 1 aromatic rings. The topological polar surface area (TPSA) is 29.5 Å². The van der Waals surface area contributed by atoms with Gasteiger partial charge in [-0.3, -0.25) is 9.69 Å². The van der Waals surface area contributed by atoms with Crippen molar-refractivity contribution < 1.29 is 13.9 Å². The molecular formula is C15H20FNO2. The van der Waals surface area contributed by atoms with E-state index in [1.54, 1.807) is 12.1 Å². The van der Waals surface area contributed by atoms with Gasteiger partial charge in [0.05, 0.1) is 7.11 Å². The van der Waals surface area contributed by atoms with Gasteiger partial charge in [-0.05, 0) is 30.7 Å². The smallest absolute Gasteiger partial charge is 0.305 e. The molecule has 0 saturated carbocycles. The van der Waals surface area contributed by atoms with Gasteiger partial charge in [-0.1, -0.05) is 18.2 Å². The van der Waals surface area contributed by atoms with Crippen molar-refractivity contribution in [3.05, 3.63) is 48.3 Å². The molecule has 0 saturated heterocycles. The van der Waals surface area contributed by atoms with Gasteiger partial charge in [0.25, 0.3) is 0 Å². The maximum atomic E-state index is 12.8. The third kappa shape index (κ3) is 6.15. The lowest BCUT2D eigenvalue weighted by Gasteiger charge is -2.20. The molecule has 0 aliphatic carbocycles. The molecule has 1 rings (SSSR count). The molecule has 3 nitrogen and oxygen atoms in total. The third-order valence-corrected chi connectivity index (χ3v) is 2.79. The van der Waals surface area contributed by atoms with Crippen LogP contribution in [0.5, 0.6) is 0 Å². The first-order chi connectivity index (χ1) is 9.15. The summed E-state index contributed by atoms with van der Waals surface area (Å²) in [6.45, 7) is 5.95. The Kier molecular flexibility index (Phi) is 6.82. The van der Waals surface area contributed by atoms with Gasteiger partial charge in [0.15, 0.2) is 0 Å². The first kappa shape index (κ1) is 15.4. The molecule has 4 heteroatoms. The van der Waals surface area contributed by atoms with E-state index in [4.69, 9.17) is 0 Å². The fraction of sp³-hybridized carbons (Fsp3) is 0.400. The highest BCUT2D eigenvalue weighted by Gasteiger charge is 2.06. The quantitative estimate of drug-likeness (QED) is 0.534. The van der Waals surface area contributed by atoms with Crippen LogP contribution in [0.4, 0.5) is 4.39 Å². The Morgan fingerprint density at radius 2 is 2.11 bits per heavy atom. The summed E-state index contributed by atoms with van der Waals surface area (Å²) in [5, 5.41) is 0. The van der Waals surface area contributed by atoms with Gasteiger partial charge in [-0.2, -0.15) is 0 Å². The van der Waals surface area contributed by atoms with Gasteiger partial charge in [-0.25, -0.2) is 4.39 Å². The third-order valence-electron chi connectivity index (χ3n) is 2.79. The lowest BCUT2D eigenvalue weighted by atomic mass is 10.2. The molecule has 0 fully saturated rings. The zero-order valence-electron chi connectivity index (χ0n) is 11.3. The second-order valence-corrected chi connectivity index (χ2v) is 4.33. The monoisotopic (exact) mass is 265 g/mol. The molecule has 0 aliphatic rings. The number of carbonyl (C=O) groups excluding carboxylic acids is 1. The average Bonchev–Trinajstić information content (AvgIpc) is 2.41. The number of rotatable bonds is 8. The molecule has 0 atom stereocenters. The van der Waals surface area contributed by atoms with Crippen LogP contribution in [-0.2, 0) is 16.1 Å². The van der Waals surface area contributed by atoms with Gasteiger partial charge >= 0.3 is 5.97 Å².